The summed E-state index contributed by atoms with van der Waals surface area (Å²) in [6, 6.07) is 1.62. The van der Waals surface area contributed by atoms with Crippen LogP contribution in [0, 0.1) is 17.8 Å². The molecule has 2 fully saturated rings. The van der Waals surface area contributed by atoms with Gasteiger partial charge in [-0.05, 0) is 50.6 Å². The van der Waals surface area contributed by atoms with E-state index in [2.05, 4.69) is 38.0 Å². The van der Waals surface area contributed by atoms with E-state index in [0.29, 0.717) is 0 Å². The van der Waals surface area contributed by atoms with Crippen LogP contribution in [0.3, 0.4) is 0 Å². The van der Waals surface area contributed by atoms with Gasteiger partial charge in [0.15, 0.2) is 0 Å². The Balaban J connectivity index is 1.92. The van der Waals surface area contributed by atoms with Crippen LogP contribution in [0.4, 0.5) is 0 Å². The third-order valence-corrected chi connectivity index (χ3v) is 5.48. The van der Waals surface area contributed by atoms with Crippen LogP contribution in [0.5, 0.6) is 0 Å². The molecule has 0 radical (unpaired) electrons. The maximum absolute atomic E-state index is 3.47. The van der Waals surface area contributed by atoms with Gasteiger partial charge in [-0.3, -0.25) is 4.90 Å². The molecule has 5 unspecified atom stereocenters. The first-order valence-corrected chi connectivity index (χ1v) is 7.58. The van der Waals surface area contributed by atoms with Gasteiger partial charge in [-0.25, -0.2) is 0 Å². The summed E-state index contributed by atoms with van der Waals surface area (Å²) in [5.41, 5.74) is 0. The van der Waals surface area contributed by atoms with E-state index in [-0.39, 0.29) is 0 Å². The smallest absolute Gasteiger partial charge is 0.0124 e. The predicted octanol–water partition coefficient (Wildman–Crippen LogP) is 2.74. The van der Waals surface area contributed by atoms with E-state index in [0.717, 1.165) is 29.8 Å². The molecule has 1 aliphatic heterocycles. The molecule has 2 nitrogen and oxygen atoms in total. The third kappa shape index (κ3) is 2.68. The van der Waals surface area contributed by atoms with Crippen molar-refractivity contribution in [3.8, 4) is 0 Å². The Morgan fingerprint density at radius 1 is 1.18 bits per heavy atom. The summed E-state index contributed by atoms with van der Waals surface area (Å²) in [6.45, 7) is 9.86. The molecule has 0 bridgehead atoms. The van der Waals surface area contributed by atoms with E-state index in [1.165, 1.54) is 38.8 Å². The number of hydrogen-bond acceptors (Lipinski definition) is 2. The number of nitrogens with zero attached hydrogens (tertiary/aromatic N) is 1. The van der Waals surface area contributed by atoms with Crippen LogP contribution in [0.15, 0.2) is 0 Å². The monoisotopic (exact) mass is 238 g/mol. The van der Waals surface area contributed by atoms with Gasteiger partial charge in [0.25, 0.3) is 0 Å². The maximum atomic E-state index is 3.47. The second kappa shape index (κ2) is 5.71. The molecule has 2 heteroatoms. The molecule has 1 heterocycles. The Morgan fingerprint density at radius 3 is 2.47 bits per heavy atom. The standard InChI is InChI=1S/C15H30N2/c1-5-13-6-7-15(12(13)3)17-9-8-14(16-4)11(2)10-17/h11-16H,5-10H2,1-4H3. The molecule has 17 heavy (non-hydrogen) atoms. The molecule has 2 rings (SSSR count). The fraction of sp³-hybridized carbons (Fsp3) is 1.00. The van der Waals surface area contributed by atoms with Crippen molar-refractivity contribution < 1.29 is 0 Å². The Labute approximate surface area is 107 Å². The Bertz CT molecular complexity index is 241. The van der Waals surface area contributed by atoms with Crippen LogP contribution in [0.25, 0.3) is 0 Å². The highest BCUT2D eigenvalue weighted by atomic mass is 15.2. The van der Waals surface area contributed by atoms with Crippen LogP contribution in [-0.2, 0) is 0 Å². The second-order valence-corrected chi connectivity index (χ2v) is 6.33. The third-order valence-electron chi connectivity index (χ3n) is 5.48. The van der Waals surface area contributed by atoms with E-state index in [1.54, 1.807) is 0 Å². The molecule has 1 saturated carbocycles. The SMILES string of the molecule is CCC1CCC(N2CCC(NC)C(C)C2)C1C. The lowest BCUT2D eigenvalue weighted by atomic mass is 9.89. The predicted molar refractivity (Wildman–Crippen MR) is 74.2 cm³/mol. The number of likely N-dealkylation sites (tertiary alicyclic amines) is 1. The summed E-state index contributed by atoms with van der Waals surface area (Å²) >= 11 is 0. The van der Waals surface area contributed by atoms with Crippen molar-refractivity contribution in [3.05, 3.63) is 0 Å². The fourth-order valence-electron chi connectivity index (χ4n) is 4.22. The van der Waals surface area contributed by atoms with Crippen molar-refractivity contribution in [2.24, 2.45) is 17.8 Å². The van der Waals surface area contributed by atoms with Crippen molar-refractivity contribution in [2.75, 3.05) is 20.1 Å². The van der Waals surface area contributed by atoms with Gasteiger partial charge in [-0.2, -0.15) is 0 Å². The second-order valence-electron chi connectivity index (χ2n) is 6.33. The van der Waals surface area contributed by atoms with Gasteiger partial charge in [0.05, 0.1) is 0 Å². The number of hydrogen-bond donors (Lipinski definition) is 1. The number of nitrogens with one attached hydrogen (secondary N) is 1. The molecule has 2 aliphatic rings. The number of piperidine rings is 1. The lowest BCUT2D eigenvalue weighted by Crippen LogP contribution is -2.51. The highest BCUT2D eigenvalue weighted by Gasteiger charge is 2.37. The van der Waals surface area contributed by atoms with Crippen molar-refractivity contribution in [2.45, 2.75) is 58.5 Å². The molecular weight excluding hydrogens is 208 g/mol. The van der Waals surface area contributed by atoms with Crippen molar-refractivity contribution in [1.82, 2.24) is 10.2 Å². The van der Waals surface area contributed by atoms with Crippen molar-refractivity contribution >= 4 is 0 Å². The zero-order valence-corrected chi connectivity index (χ0v) is 12.1. The van der Waals surface area contributed by atoms with E-state index < -0.39 is 0 Å². The average molecular weight is 238 g/mol. The minimum Gasteiger partial charge on any atom is -0.317 e. The highest BCUT2D eigenvalue weighted by molar-refractivity contribution is 4.92. The molecule has 5 atom stereocenters. The maximum Gasteiger partial charge on any atom is 0.0124 e. The fourth-order valence-corrected chi connectivity index (χ4v) is 4.22. The average Bonchev–Trinajstić information content (AvgIpc) is 2.70. The molecule has 1 N–H and O–H groups in total. The lowest BCUT2D eigenvalue weighted by molar-refractivity contribution is 0.0840. The van der Waals surface area contributed by atoms with E-state index in [4.69, 9.17) is 0 Å². The molecule has 0 spiro atoms. The summed E-state index contributed by atoms with van der Waals surface area (Å²) < 4.78 is 0. The first kappa shape index (κ1) is 13.4. The van der Waals surface area contributed by atoms with Crippen molar-refractivity contribution in [3.63, 3.8) is 0 Å². The van der Waals surface area contributed by atoms with Crippen LogP contribution in [0.1, 0.15) is 46.5 Å². The van der Waals surface area contributed by atoms with Gasteiger partial charge >= 0.3 is 0 Å². The Kier molecular flexibility index (Phi) is 4.48. The van der Waals surface area contributed by atoms with Gasteiger partial charge in [0.1, 0.15) is 0 Å². The Morgan fingerprint density at radius 2 is 1.94 bits per heavy atom. The minimum atomic E-state index is 0.741. The molecular formula is C15H30N2. The molecule has 100 valence electrons. The van der Waals surface area contributed by atoms with Gasteiger partial charge in [0.2, 0.25) is 0 Å². The van der Waals surface area contributed by atoms with Crippen LogP contribution >= 0.6 is 0 Å². The topological polar surface area (TPSA) is 15.3 Å². The molecule has 0 aromatic carbocycles. The lowest BCUT2D eigenvalue weighted by Gasteiger charge is -2.41. The summed E-state index contributed by atoms with van der Waals surface area (Å²) in [7, 11) is 2.11. The quantitative estimate of drug-likeness (QED) is 0.813. The van der Waals surface area contributed by atoms with Crippen LogP contribution in [-0.4, -0.2) is 37.1 Å². The van der Waals surface area contributed by atoms with Crippen molar-refractivity contribution in [1.29, 1.82) is 0 Å². The van der Waals surface area contributed by atoms with Crippen LogP contribution < -0.4 is 5.32 Å². The summed E-state index contributed by atoms with van der Waals surface area (Å²) in [6.07, 6.45) is 5.61. The first-order valence-electron chi connectivity index (χ1n) is 7.58. The molecule has 0 aromatic rings. The van der Waals surface area contributed by atoms with Gasteiger partial charge in [-0.1, -0.05) is 27.2 Å². The van der Waals surface area contributed by atoms with E-state index in [1.807, 2.05) is 0 Å². The van der Waals surface area contributed by atoms with Crippen LogP contribution in [0.2, 0.25) is 0 Å². The zero-order valence-electron chi connectivity index (χ0n) is 12.1. The molecule has 1 saturated heterocycles. The summed E-state index contributed by atoms with van der Waals surface area (Å²) in [5, 5.41) is 3.47. The summed E-state index contributed by atoms with van der Waals surface area (Å²) in [5.74, 6) is 2.71. The largest absolute Gasteiger partial charge is 0.317 e. The molecule has 0 amide bonds. The van der Waals surface area contributed by atoms with E-state index >= 15 is 0 Å². The minimum absolute atomic E-state index is 0.741. The highest BCUT2D eigenvalue weighted by Crippen LogP contribution is 2.38. The van der Waals surface area contributed by atoms with Gasteiger partial charge in [-0.15, -0.1) is 0 Å². The Hall–Kier alpha value is -0.0800. The normalized spacial score (nSPS) is 44.1. The van der Waals surface area contributed by atoms with Gasteiger partial charge in [0, 0.05) is 18.6 Å². The van der Waals surface area contributed by atoms with E-state index in [9.17, 15) is 0 Å². The molecule has 0 aromatic heterocycles. The molecule has 1 aliphatic carbocycles. The first-order chi connectivity index (χ1) is 8.17. The zero-order chi connectivity index (χ0) is 12.4. The van der Waals surface area contributed by atoms with Gasteiger partial charge < -0.3 is 5.32 Å². The number of rotatable bonds is 3. The summed E-state index contributed by atoms with van der Waals surface area (Å²) in [4.78, 5) is 2.79.